The first-order valence-electron chi connectivity index (χ1n) is 5.13. The largest absolute Gasteiger partial charge is 0.497 e. The minimum absolute atomic E-state index is 0.675. The van der Waals surface area contributed by atoms with Gasteiger partial charge < -0.3 is 9.84 Å². The number of methoxy groups -OCH3 is 1. The first kappa shape index (κ1) is 12.1. The number of rotatable bonds is 3. The van der Waals surface area contributed by atoms with E-state index >= 15 is 0 Å². The number of pyridine rings is 1. The Hall–Kier alpha value is -1.39. The van der Waals surface area contributed by atoms with Crippen molar-refractivity contribution in [3.63, 3.8) is 0 Å². The molecule has 1 N–H and O–H groups in total. The average molecular weight is 294 g/mol. The Morgan fingerprint density at radius 3 is 2.47 bits per heavy atom. The summed E-state index contributed by atoms with van der Waals surface area (Å²) in [7, 11) is 1.61. The highest BCUT2D eigenvalue weighted by Crippen LogP contribution is 2.24. The minimum atomic E-state index is -0.675. The van der Waals surface area contributed by atoms with Crippen molar-refractivity contribution in [2.75, 3.05) is 7.11 Å². The lowest BCUT2D eigenvalue weighted by Crippen LogP contribution is -2.00. The summed E-state index contributed by atoms with van der Waals surface area (Å²) >= 11 is 3.33. The van der Waals surface area contributed by atoms with Crippen molar-refractivity contribution in [1.29, 1.82) is 0 Å². The third-order valence-electron chi connectivity index (χ3n) is 2.47. The van der Waals surface area contributed by atoms with Crippen molar-refractivity contribution in [3.05, 3.63) is 58.3 Å². The molecular weight excluding hydrogens is 282 g/mol. The van der Waals surface area contributed by atoms with E-state index in [9.17, 15) is 5.11 Å². The summed E-state index contributed by atoms with van der Waals surface area (Å²) in [6.07, 6.45) is 2.66. The fourth-order valence-electron chi connectivity index (χ4n) is 1.56. The SMILES string of the molecule is COc1ccc(C(O)c2cncc(Br)c2)cc1. The summed E-state index contributed by atoms with van der Waals surface area (Å²) in [4.78, 5) is 4.03. The molecular formula is C13H12BrNO2. The van der Waals surface area contributed by atoms with E-state index in [1.807, 2.05) is 30.3 Å². The molecule has 0 fully saturated rings. The second-order valence-electron chi connectivity index (χ2n) is 3.61. The summed E-state index contributed by atoms with van der Waals surface area (Å²) < 4.78 is 5.92. The monoisotopic (exact) mass is 293 g/mol. The van der Waals surface area contributed by atoms with E-state index in [2.05, 4.69) is 20.9 Å². The molecule has 0 saturated carbocycles. The first-order valence-corrected chi connectivity index (χ1v) is 5.92. The van der Waals surface area contributed by atoms with Gasteiger partial charge in [0.05, 0.1) is 7.11 Å². The van der Waals surface area contributed by atoms with Gasteiger partial charge in [0.15, 0.2) is 0 Å². The van der Waals surface area contributed by atoms with Crippen LogP contribution in [0, 0.1) is 0 Å². The van der Waals surface area contributed by atoms with Crippen molar-refractivity contribution in [1.82, 2.24) is 4.98 Å². The predicted octanol–water partition coefficient (Wildman–Crippen LogP) is 2.93. The summed E-state index contributed by atoms with van der Waals surface area (Å²) in [5.74, 6) is 0.772. The molecule has 0 spiro atoms. The molecule has 0 amide bonds. The van der Waals surface area contributed by atoms with E-state index in [1.165, 1.54) is 0 Å². The molecule has 1 unspecified atom stereocenters. The molecule has 1 aromatic heterocycles. The summed E-state index contributed by atoms with van der Waals surface area (Å²) in [6, 6.07) is 9.17. The Labute approximate surface area is 108 Å². The molecule has 2 rings (SSSR count). The molecule has 0 bridgehead atoms. The predicted molar refractivity (Wildman–Crippen MR) is 69.0 cm³/mol. The second-order valence-corrected chi connectivity index (χ2v) is 4.53. The fourth-order valence-corrected chi connectivity index (χ4v) is 1.94. The average Bonchev–Trinajstić information content (AvgIpc) is 2.38. The van der Waals surface area contributed by atoms with Gasteiger partial charge in [0.25, 0.3) is 0 Å². The van der Waals surface area contributed by atoms with Gasteiger partial charge in [0.1, 0.15) is 11.9 Å². The number of nitrogens with zero attached hydrogens (tertiary/aromatic N) is 1. The summed E-state index contributed by atoms with van der Waals surface area (Å²) in [5, 5.41) is 10.2. The zero-order chi connectivity index (χ0) is 12.3. The van der Waals surface area contributed by atoms with Crippen molar-refractivity contribution >= 4 is 15.9 Å². The highest BCUT2D eigenvalue weighted by Gasteiger charge is 2.11. The normalized spacial score (nSPS) is 12.2. The minimum Gasteiger partial charge on any atom is -0.497 e. The molecule has 4 heteroatoms. The van der Waals surface area contributed by atoms with Gasteiger partial charge in [-0.3, -0.25) is 4.98 Å². The van der Waals surface area contributed by atoms with Crippen LogP contribution in [0.5, 0.6) is 5.75 Å². The van der Waals surface area contributed by atoms with Gasteiger partial charge >= 0.3 is 0 Å². The van der Waals surface area contributed by atoms with E-state index < -0.39 is 6.10 Å². The summed E-state index contributed by atoms with van der Waals surface area (Å²) in [5.41, 5.74) is 1.57. The number of benzene rings is 1. The topological polar surface area (TPSA) is 42.4 Å². The maximum atomic E-state index is 10.2. The zero-order valence-electron chi connectivity index (χ0n) is 9.30. The molecule has 88 valence electrons. The van der Waals surface area contributed by atoms with Crippen LogP contribution in [0.2, 0.25) is 0 Å². The van der Waals surface area contributed by atoms with Crippen molar-refractivity contribution < 1.29 is 9.84 Å². The number of aliphatic hydroxyl groups excluding tert-OH is 1. The Morgan fingerprint density at radius 2 is 1.88 bits per heavy atom. The van der Waals surface area contributed by atoms with Crippen LogP contribution in [0.1, 0.15) is 17.2 Å². The Balaban J connectivity index is 2.27. The van der Waals surface area contributed by atoms with Crippen molar-refractivity contribution in [3.8, 4) is 5.75 Å². The zero-order valence-corrected chi connectivity index (χ0v) is 10.9. The first-order chi connectivity index (χ1) is 8.20. The Bertz CT molecular complexity index is 499. The molecule has 1 atom stereocenters. The van der Waals surface area contributed by atoms with Crippen LogP contribution < -0.4 is 4.74 Å². The van der Waals surface area contributed by atoms with Crippen LogP contribution in [0.3, 0.4) is 0 Å². The van der Waals surface area contributed by atoms with E-state index in [4.69, 9.17) is 4.74 Å². The number of hydrogen-bond donors (Lipinski definition) is 1. The number of halogens is 1. The van der Waals surface area contributed by atoms with Crippen LogP contribution in [0.4, 0.5) is 0 Å². The van der Waals surface area contributed by atoms with E-state index in [-0.39, 0.29) is 0 Å². The molecule has 0 aliphatic rings. The molecule has 1 heterocycles. The van der Waals surface area contributed by atoms with E-state index in [1.54, 1.807) is 19.5 Å². The lowest BCUT2D eigenvalue weighted by atomic mass is 10.0. The standard InChI is InChI=1S/C13H12BrNO2/c1-17-12-4-2-9(3-5-12)13(16)10-6-11(14)8-15-7-10/h2-8,13,16H,1H3. The van der Waals surface area contributed by atoms with Gasteiger partial charge in [-0.05, 0) is 39.7 Å². The Kier molecular flexibility index (Phi) is 3.76. The molecule has 0 aliphatic heterocycles. The van der Waals surface area contributed by atoms with Crippen LogP contribution in [-0.2, 0) is 0 Å². The van der Waals surface area contributed by atoms with Gasteiger partial charge in [-0.1, -0.05) is 12.1 Å². The van der Waals surface area contributed by atoms with Crippen LogP contribution in [-0.4, -0.2) is 17.2 Å². The smallest absolute Gasteiger partial charge is 0.118 e. The maximum absolute atomic E-state index is 10.2. The van der Waals surface area contributed by atoms with E-state index in [0.29, 0.717) is 0 Å². The molecule has 0 aliphatic carbocycles. The van der Waals surface area contributed by atoms with E-state index in [0.717, 1.165) is 21.3 Å². The third-order valence-corrected chi connectivity index (χ3v) is 2.91. The molecule has 1 aromatic carbocycles. The quantitative estimate of drug-likeness (QED) is 0.946. The van der Waals surface area contributed by atoms with Gasteiger partial charge in [0.2, 0.25) is 0 Å². The van der Waals surface area contributed by atoms with Crippen LogP contribution in [0.15, 0.2) is 47.2 Å². The van der Waals surface area contributed by atoms with Gasteiger partial charge in [-0.25, -0.2) is 0 Å². The maximum Gasteiger partial charge on any atom is 0.118 e. The van der Waals surface area contributed by atoms with Gasteiger partial charge in [-0.2, -0.15) is 0 Å². The number of aliphatic hydroxyl groups is 1. The highest BCUT2D eigenvalue weighted by atomic mass is 79.9. The van der Waals surface area contributed by atoms with Gasteiger partial charge in [-0.15, -0.1) is 0 Å². The number of aromatic nitrogens is 1. The molecule has 0 radical (unpaired) electrons. The highest BCUT2D eigenvalue weighted by molar-refractivity contribution is 9.10. The fraction of sp³-hybridized carbons (Fsp3) is 0.154. The van der Waals surface area contributed by atoms with Gasteiger partial charge in [0, 0.05) is 22.4 Å². The van der Waals surface area contributed by atoms with Crippen LogP contribution in [0.25, 0.3) is 0 Å². The van der Waals surface area contributed by atoms with Crippen molar-refractivity contribution in [2.24, 2.45) is 0 Å². The van der Waals surface area contributed by atoms with Crippen LogP contribution >= 0.6 is 15.9 Å². The Morgan fingerprint density at radius 1 is 1.18 bits per heavy atom. The molecule has 3 nitrogen and oxygen atoms in total. The summed E-state index contributed by atoms with van der Waals surface area (Å²) in [6.45, 7) is 0. The molecule has 2 aromatic rings. The molecule has 17 heavy (non-hydrogen) atoms. The third kappa shape index (κ3) is 2.84. The number of ether oxygens (including phenoxy) is 1. The number of hydrogen-bond acceptors (Lipinski definition) is 3. The van der Waals surface area contributed by atoms with Crippen molar-refractivity contribution in [2.45, 2.75) is 6.10 Å². The lowest BCUT2D eigenvalue weighted by molar-refractivity contribution is 0.219. The molecule has 0 saturated heterocycles. The second kappa shape index (κ2) is 5.29. The lowest BCUT2D eigenvalue weighted by Gasteiger charge is -2.11.